The molecule has 0 aliphatic rings. The summed E-state index contributed by atoms with van der Waals surface area (Å²) >= 11 is 0. The Labute approximate surface area is 107 Å². The highest BCUT2D eigenvalue weighted by atomic mass is 16.3. The normalized spacial score (nSPS) is 11.1. The molecule has 9 heteroatoms. The van der Waals surface area contributed by atoms with E-state index in [0.29, 0.717) is 5.95 Å². The summed E-state index contributed by atoms with van der Waals surface area (Å²) in [6, 6.07) is 0. The molecule has 19 heavy (non-hydrogen) atoms. The molecule has 2 aromatic rings. The van der Waals surface area contributed by atoms with Gasteiger partial charge >= 0.3 is 5.69 Å². The largest absolute Gasteiger partial charge is 0.395 e. The van der Waals surface area contributed by atoms with Gasteiger partial charge in [0.15, 0.2) is 11.2 Å². The van der Waals surface area contributed by atoms with E-state index < -0.39 is 11.2 Å². The Morgan fingerprint density at radius 3 is 2.68 bits per heavy atom. The lowest BCUT2D eigenvalue weighted by molar-refractivity contribution is 0.278. The number of aliphatic hydroxyl groups is 2. The molecule has 0 spiro atoms. The molecule has 2 aromatic heterocycles. The molecule has 104 valence electrons. The molecule has 0 aliphatic heterocycles. The molecule has 2 heterocycles. The van der Waals surface area contributed by atoms with E-state index >= 15 is 0 Å². The minimum atomic E-state index is -0.559. The number of anilines is 1. The van der Waals surface area contributed by atoms with E-state index in [4.69, 9.17) is 10.2 Å². The summed E-state index contributed by atoms with van der Waals surface area (Å²) < 4.78 is 2.69. The fraction of sp³-hybridized carbons (Fsp3) is 0.500. The molecule has 0 radical (unpaired) electrons. The number of hydrogen-bond donors (Lipinski definition) is 4. The van der Waals surface area contributed by atoms with Crippen molar-refractivity contribution in [3.8, 4) is 0 Å². The number of nitrogens with one attached hydrogen (secondary N) is 2. The molecule has 0 saturated heterocycles. The van der Waals surface area contributed by atoms with Crippen molar-refractivity contribution in [2.45, 2.75) is 6.54 Å². The summed E-state index contributed by atoms with van der Waals surface area (Å²) in [5, 5.41) is 20.7. The van der Waals surface area contributed by atoms with Gasteiger partial charge in [-0.25, -0.2) is 4.79 Å². The van der Waals surface area contributed by atoms with Crippen molar-refractivity contribution in [2.24, 2.45) is 7.05 Å². The topological polar surface area (TPSA) is 125 Å². The van der Waals surface area contributed by atoms with E-state index in [9.17, 15) is 9.59 Å². The van der Waals surface area contributed by atoms with Gasteiger partial charge in [-0.1, -0.05) is 0 Å². The Bertz CT molecular complexity index is 698. The first-order chi connectivity index (χ1) is 9.10. The van der Waals surface area contributed by atoms with Crippen molar-refractivity contribution in [3.63, 3.8) is 0 Å². The highest BCUT2D eigenvalue weighted by Crippen LogP contribution is 2.14. The summed E-state index contributed by atoms with van der Waals surface area (Å²) in [5.74, 6) is 0.324. The number of nitrogens with zero attached hydrogens (tertiary/aromatic N) is 3. The Balaban J connectivity index is 2.73. The first kappa shape index (κ1) is 13.3. The summed E-state index contributed by atoms with van der Waals surface area (Å²) in [6.07, 6.45) is 0. The Kier molecular flexibility index (Phi) is 3.67. The van der Waals surface area contributed by atoms with Crippen LogP contribution in [-0.2, 0) is 13.6 Å². The number of imidazole rings is 1. The van der Waals surface area contributed by atoms with Crippen molar-refractivity contribution in [3.05, 3.63) is 20.8 Å². The lowest BCUT2D eigenvalue weighted by Crippen LogP contribution is -2.29. The Morgan fingerprint density at radius 2 is 2.05 bits per heavy atom. The van der Waals surface area contributed by atoms with Gasteiger partial charge in [-0.3, -0.25) is 14.3 Å². The zero-order valence-corrected chi connectivity index (χ0v) is 10.4. The third-order valence-electron chi connectivity index (χ3n) is 2.73. The van der Waals surface area contributed by atoms with Crippen LogP contribution in [0.5, 0.6) is 0 Å². The Morgan fingerprint density at radius 1 is 1.32 bits per heavy atom. The van der Waals surface area contributed by atoms with Crippen LogP contribution in [-0.4, -0.2) is 49.1 Å². The molecule has 0 atom stereocenters. The van der Waals surface area contributed by atoms with Gasteiger partial charge in [-0.15, -0.1) is 0 Å². The van der Waals surface area contributed by atoms with Crippen molar-refractivity contribution in [1.82, 2.24) is 19.1 Å². The van der Waals surface area contributed by atoms with Crippen LogP contribution in [0.4, 0.5) is 5.95 Å². The van der Waals surface area contributed by atoms with Gasteiger partial charge in [0.1, 0.15) is 0 Å². The van der Waals surface area contributed by atoms with E-state index in [1.165, 1.54) is 16.2 Å². The molecule has 0 aliphatic carbocycles. The average Bonchev–Trinajstić information content (AvgIpc) is 2.74. The minimum absolute atomic E-state index is 0.0996. The third kappa shape index (κ3) is 2.25. The van der Waals surface area contributed by atoms with Crippen molar-refractivity contribution >= 4 is 17.1 Å². The van der Waals surface area contributed by atoms with Crippen LogP contribution < -0.4 is 16.6 Å². The zero-order chi connectivity index (χ0) is 14.0. The van der Waals surface area contributed by atoms with Gasteiger partial charge in [0.25, 0.3) is 5.56 Å². The zero-order valence-electron chi connectivity index (χ0n) is 10.4. The molecular formula is C10H15N5O4. The molecule has 0 aromatic carbocycles. The van der Waals surface area contributed by atoms with Crippen molar-refractivity contribution < 1.29 is 10.2 Å². The number of rotatable bonds is 5. The summed E-state index contributed by atoms with van der Waals surface area (Å²) in [5.41, 5.74) is -0.685. The maximum Gasteiger partial charge on any atom is 0.329 e. The number of hydrogen-bond acceptors (Lipinski definition) is 6. The van der Waals surface area contributed by atoms with E-state index in [0.717, 1.165) is 0 Å². The van der Waals surface area contributed by atoms with Gasteiger partial charge in [0, 0.05) is 20.1 Å². The van der Waals surface area contributed by atoms with E-state index in [2.05, 4.69) is 15.3 Å². The van der Waals surface area contributed by atoms with Crippen LogP contribution in [0.25, 0.3) is 11.2 Å². The fourth-order valence-electron chi connectivity index (χ4n) is 1.85. The second-order valence-electron chi connectivity index (χ2n) is 3.95. The van der Waals surface area contributed by atoms with Gasteiger partial charge in [-0.05, 0) is 0 Å². The standard InChI is InChI=1S/C10H15N5O4/c1-14-7-6(8(18)13-10(14)19)15(3-5-17)9(12-7)11-2-4-16/h16-17H,2-5H2,1H3,(H,11,12)(H,13,18,19). The van der Waals surface area contributed by atoms with Crippen LogP contribution in [0.1, 0.15) is 0 Å². The molecule has 4 N–H and O–H groups in total. The fourth-order valence-corrected chi connectivity index (χ4v) is 1.85. The molecule has 0 fully saturated rings. The highest BCUT2D eigenvalue weighted by molar-refractivity contribution is 5.74. The van der Waals surface area contributed by atoms with Gasteiger partial charge in [0.2, 0.25) is 5.95 Å². The van der Waals surface area contributed by atoms with Gasteiger partial charge < -0.3 is 20.1 Å². The summed E-state index contributed by atoms with van der Waals surface area (Å²) in [6.45, 7) is 0.130. The highest BCUT2D eigenvalue weighted by Gasteiger charge is 2.16. The summed E-state index contributed by atoms with van der Waals surface area (Å²) in [7, 11) is 1.49. The predicted molar refractivity (Wildman–Crippen MR) is 68.3 cm³/mol. The van der Waals surface area contributed by atoms with Crippen molar-refractivity contribution in [2.75, 3.05) is 25.1 Å². The second-order valence-corrected chi connectivity index (χ2v) is 3.95. The number of fused-ring (bicyclic) bond motifs is 1. The van der Waals surface area contributed by atoms with Crippen LogP contribution in [0, 0.1) is 0 Å². The van der Waals surface area contributed by atoms with E-state index in [-0.39, 0.29) is 37.5 Å². The second kappa shape index (κ2) is 5.24. The molecule has 0 bridgehead atoms. The smallest absolute Gasteiger partial charge is 0.329 e. The number of aryl methyl sites for hydroxylation is 1. The number of aliphatic hydroxyl groups excluding tert-OH is 2. The van der Waals surface area contributed by atoms with Gasteiger partial charge in [0.05, 0.1) is 13.2 Å². The molecule has 2 rings (SSSR count). The maximum atomic E-state index is 11.8. The minimum Gasteiger partial charge on any atom is -0.395 e. The maximum absolute atomic E-state index is 11.8. The average molecular weight is 269 g/mol. The molecule has 9 nitrogen and oxygen atoms in total. The number of H-pyrrole nitrogens is 1. The predicted octanol–water partition coefficient (Wildman–Crippen LogP) is -2.18. The van der Waals surface area contributed by atoms with Crippen LogP contribution in [0.15, 0.2) is 9.59 Å². The number of aromatic amines is 1. The first-order valence-electron chi connectivity index (χ1n) is 5.75. The third-order valence-corrected chi connectivity index (χ3v) is 2.73. The first-order valence-corrected chi connectivity index (χ1v) is 5.75. The van der Waals surface area contributed by atoms with E-state index in [1.54, 1.807) is 0 Å². The van der Waals surface area contributed by atoms with Crippen LogP contribution in [0.3, 0.4) is 0 Å². The lowest BCUT2D eigenvalue weighted by Gasteiger charge is -2.07. The van der Waals surface area contributed by atoms with Crippen LogP contribution >= 0.6 is 0 Å². The quantitative estimate of drug-likeness (QED) is 0.489. The SMILES string of the molecule is Cn1c(=O)[nH]c(=O)c2c1nc(NCCO)n2CCO. The van der Waals surface area contributed by atoms with Crippen LogP contribution in [0.2, 0.25) is 0 Å². The Hall–Kier alpha value is -2.13. The van der Waals surface area contributed by atoms with E-state index in [1.807, 2.05) is 0 Å². The molecular weight excluding hydrogens is 254 g/mol. The number of aromatic nitrogens is 4. The summed E-state index contributed by atoms with van der Waals surface area (Å²) in [4.78, 5) is 29.7. The molecule has 0 amide bonds. The lowest BCUT2D eigenvalue weighted by atomic mass is 10.5. The van der Waals surface area contributed by atoms with Gasteiger partial charge in [-0.2, -0.15) is 4.98 Å². The molecule has 0 saturated carbocycles. The van der Waals surface area contributed by atoms with Crippen molar-refractivity contribution in [1.29, 1.82) is 0 Å². The molecule has 0 unspecified atom stereocenters. The monoisotopic (exact) mass is 269 g/mol.